The van der Waals surface area contributed by atoms with Gasteiger partial charge in [-0.05, 0) is 64.9 Å². The summed E-state index contributed by atoms with van der Waals surface area (Å²) >= 11 is 1.86. The van der Waals surface area contributed by atoms with Crippen molar-refractivity contribution in [1.29, 1.82) is 0 Å². The molecule has 0 saturated carbocycles. The lowest BCUT2D eigenvalue weighted by Gasteiger charge is -2.16. The van der Waals surface area contributed by atoms with Crippen LogP contribution in [0.25, 0.3) is 76.0 Å². The first kappa shape index (κ1) is 32.2. The minimum atomic E-state index is 0.706. The largest absolute Gasteiger partial charge is 0.456 e. The number of furan rings is 1. The molecule has 10 aromatic rings. The van der Waals surface area contributed by atoms with Crippen molar-refractivity contribution in [3.8, 4) is 33.9 Å². The van der Waals surface area contributed by atoms with Crippen molar-refractivity contribution in [2.24, 2.45) is 0 Å². The molecular weight excluding hydrogens is 679 g/mol. The second-order valence-corrected chi connectivity index (χ2v) is 14.9. The summed E-state index contributed by atoms with van der Waals surface area (Å²) in [5.41, 5.74) is 10.2. The standard InChI is InChI=1S/C49H35N3OS/c1-3-14-33(15-4-1)48-50-46(51-49(52-48)34-16-5-2-6-17-34)27-13-19-32-18-11-23-37(35-28-29-45-42(30-35)39-22-8-10-26-44(39)54-45)41(32)31-36-20-12-24-40-38-21-7-9-25-43(38)53-47(36)40/h1-12,14-18,20-26,28-30H,13,19,27,31H2. The van der Waals surface area contributed by atoms with Crippen molar-refractivity contribution in [1.82, 2.24) is 15.0 Å². The van der Waals surface area contributed by atoms with Crippen molar-refractivity contribution >= 4 is 53.4 Å². The lowest BCUT2D eigenvalue weighted by atomic mass is 9.88. The maximum absolute atomic E-state index is 6.55. The summed E-state index contributed by atoms with van der Waals surface area (Å²) < 4.78 is 9.18. The zero-order valence-corrected chi connectivity index (χ0v) is 30.4. The lowest BCUT2D eigenvalue weighted by Crippen LogP contribution is -2.05. The van der Waals surface area contributed by atoms with Crippen molar-refractivity contribution in [3.05, 3.63) is 186 Å². The highest BCUT2D eigenvalue weighted by Gasteiger charge is 2.18. The van der Waals surface area contributed by atoms with Crippen LogP contribution in [0.3, 0.4) is 0 Å². The highest BCUT2D eigenvalue weighted by molar-refractivity contribution is 7.25. The summed E-state index contributed by atoms with van der Waals surface area (Å²) in [5, 5.41) is 4.93. The van der Waals surface area contributed by atoms with Crippen LogP contribution in [0, 0.1) is 0 Å². The van der Waals surface area contributed by atoms with Gasteiger partial charge in [0.05, 0.1) is 0 Å². The van der Waals surface area contributed by atoms with E-state index in [2.05, 4.69) is 121 Å². The molecule has 0 aliphatic rings. The molecule has 0 amide bonds. The number of thiophene rings is 1. The van der Waals surface area contributed by atoms with E-state index in [9.17, 15) is 0 Å². The summed E-state index contributed by atoms with van der Waals surface area (Å²) in [6.45, 7) is 0. The first-order valence-electron chi connectivity index (χ1n) is 18.5. The van der Waals surface area contributed by atoms with Gasteiger partial charge in [-0.15, -0.1) is 11.3 Å². The van der Waals surface area contributed by atoms with Crippen LogP contribution in [0.5, 0.6) is 0 Å². The third kappa shape index (κ3) is 6.03. The Morgan fingerprint density at radius 1 is 0.463 bits per heavy atom. The van der Waals surface area contributed by atoms with Crippen molar-refractivity contribution < 1.29 is 4.42 Å². The molecule has 0 radical (unpaired) electrons. The number of para-hydroxylation sites is 2. The van der Waals surface area contributed by atoms with Gasteiger partial charge in [0.2, 0.25) is 0 Å². The first-order chi connectivity index (χ1) is 26.7. The number of aromatic nitrogens is 3. The van der Waals surface area contributed by atoms with Crippen LogP contribution in [0.2, 0.25) is 0 Å². The molecule has 0 atom stereocenters. The van der Waals surface area contributed by atoms with E-state index in [1.807, 2.05) is 53.8 Å². The van der Waals surface area contributed by atoms with E-state index in [-0.39, 0.29) is 0 Å². The highest BCUT2D eigenvalue weighted by atomic mass is 32.1. The van der Waals surface area contributed by atoms with Crippen molar-refractivity contribution in [2.45, 2.75) is 25.7 Å². The van der Waals surface area contributed by atoms with E-state index in [1.165, 1.54) is 48.0 Å². The van der Waals surface area contributed by atoms with Crippen LogP contribution in [-0.4, -0.2) is 15.0 Å². The molecule has 0 unspecified atom stereocenters. The van der Waals surface area contributed by atoms with Crippen LogP contribution in [0.4, 0.5) is 0 Å². The lowest BCUT2D eigenvalue weighted by molar-refractivity contribution is 0.664. The number of hydrogen-bond donors (Lipinski definition) is 0. The minimum Gasteiger partial charge on any atom is -0.456 e. The van der Waals surface area contributed by atoms with E-state index in [0.29, 0.717) is 11.6 Å². The number of benzene rings is 7. The van der Waals surface area contributed by atoms with Gasteiger partial charge < -0.3 is 4.42 Å². The molecule has 5 heteroatoms. The van der Waals surface area contributed by atoms with Gasteiger partial charge in [-0.1, -0.05) is 140 Å². The van der Waals surface area contributed by atoms with Crippen molar-refractivity contribution in [2.75, 3.05) is 0 Å². The Labute approximate surface area is 317 Å². The maximum Gasteiger partial charge on any atom is 0.163 e. The second kappa shape index (κ2) is 13.8. The second-order valence-electron chi connectivity index (χ2n) is 13.8. The topological polar surface area (TPSA) is 51.8 Å². The van der Waals surface area contributed by atoms with E-state index in [4.69, 9.17) is 19.4 Å². The van der Waals surface area contributed by atoms with E-state index < -0.39 is 0 Å². The molecular formula is C49H35N3OS. The number of fused-ring (bicyclic) bond motifs is 6. The minimum absolute atomic E-state index is 0.706. The Bertz CT molecular complexity index is 2890. The smallest absolute Gasteiger partial charge is 0.163 e. The Morgan fingerprint density at radius 3 is 1.91 bits per heavy atom. The average molecular weight is 714 g/mol. The Hall–Kier alpha value is -6.43. The predicted molar refractivity (Wildman–Crippen MR) is 224 cm³/mol. The molecule has 0 spiro atoms. The maximum atomic E-state index is 6.55. The zero-order chi connectivity index (χ0) is 35.8. The third-order valence-electron chi connectivity index (χ3n) is 10.4. The van der Waals surface area contributed by atoms with Crippen molar-refractivity contribution in [3.63, 3.8) is 0 Å². The fourth-order valence-corrected chi connectivity index (χ4v) is 8.86. The Balaban J connectivity index is 1.04. The summed E-state index contributed by atoms with van der Waals surface area (Å²) in [6, 6.07) is 57.8. The fourth-order valence-electron chi connectivity index (χ4n) is 7.78. The molecule has 0 fully saturated rings. The molecule has 3 aromatic heterocycles. The molecule has 7 aromatic carbocycles. The third-order valence-corrected chi connectivity index (χ3v) is 11.6. The van der Waals surface area contributed by atoms with Gasteiger partial charge in [0.25, 0.3) is 0 Å². The monoisotopic (exact) mass is 713 g/mol. The molecule has 0 N–H and O–H groups in total. The molecule has 3 heterocycles. The van der Waals surface area contributed by atoms with Gasteiger partial charge in [0.15, 0.2) is 11.6 Å². The van der Waals surface area contributed by atoms with Gasteiger partial charge in [0.1, 0.15) is 17.0 Å². The molecule has 0 aliphatic heterocycles. The molecule has 10 rings (SSSR count). The SMILES string of the molecule is c1ccc(-c2nc(CCCc3cccc(-c4ccc5sc6ccccc6c5c4)c3Cc3cccc4c3oc3ccccc34)nc(-c3ccccc3)n2)cc1. The van der Waals surface area contributed by atoms with Crippen LogP contribution in [-0.2, 0) is 19.3 Å². The number of hydrogen-bond acceptors (Lipinski definition) is 5. The van der Waals surface area contributed by atoms with Gasteiger partial charge in [0, 0.05) is 54.9 Å². The van der Waals surface area contributed by atoms with Crippen LogP contribution in [0.1, 0.15) is 28.9 Å². The predicted octanol–water partition coefficient (Wildman–Crippen LogP) is 12.9. The molecule has 0 bridgehead atoms. The Kier molecular flexibility index (Phi) is 8.27. The normalized spacial score (nSPS) is 11.6. The average Bonchev–Trinajstić information content (AvgIpc) is 3.81. The summed E-state index contributed by atoms with van der Waals surface area (Å²) in [4.78, 5) is 14.9. The fraction of sp³-hybridized carbons (Fsp3) is 0.0816. The zero-order valence-electron chi connectivity index (χ0n) is 29.6. The molecule has 4 nitrogen and oxygen atoms in total. The van der Waals surface area contributed by atoms with Gasteiger partial charge >= 0.3 is 0 Å². The summed E-state index contributed by atoms with van der Waals surface area (Å²) in [5.74, 6) is 2.22. The first-order valence-corrected chi connectivity index (χ1v) is 19.3. The quantitative estimate of drug-likeness (QED) is 0.149. The molecule has 54 heavy (non-hydrogen) atoms. The van der Waals surface area contributed by atoms with E-state index in [0.717, 1.165) is 64.6 Å². The number of rotatable bonds is 9. The highest BCUT2D eigenvalue weighted by Crippen LogP contribution is 2.39. The van der Waals surface area contributed by atoms with E-state index >= 15 is 0 Å². The number of nitrogens with zero attached hydrogens (tertiary/aromatic N) is 3. The van der Waals surface area contributed by atoms with Gasteiger partial charge in [-0.3, -0.25) is 0 Å². The molecule has 0 saturated heterocycles. The Morgan fingerprint density at radius 2 is 1.11 bits per heavy atom. The summed E-state index contributed by atoms with van der Waals surface area (Å²) in [7, 11) is 0. The molecule has 0 aliphatic carbocycles. The summed E-state index contributed by atoms with van der Waals surface area (Å²) in [6.07, 6.45) is 3.27. The van der Waals surface area contributed by atoms with Crippen LogP contribution in [0.15, 0.2) is 168 Å². The van der Waals surface area contributed by atoms with Gasteiger partial charge in [-0.2, -0.15) is 0 Å². The van der Waals surface area contributed by atoms with Crippen LogP contribution < -0.4 is 0 Å². The van der Waals surface area contributed by atoms with Crippen LogP contribution >= 0.6 is 11.3 Å². The number of aryl methyl sites for hydroxylation is 2. The molecule has 258 valence electrons. The van der Waals surface area contributed by atoms with E-state index in [1.54, 1.807) is 0 Å². The van der Waals surface area contributed by atoms with Gasteiger partial charge in [-0.25, -0.2) is 15.0 Å².